The van der Waals surface area contributed by atoms with Crippen LogP contribution in [0.25, 0.3) is 0 Å². The predicted octanol–water partition coefficient (Wildman–Crippen LogP) is 4.51. The number of nitrogen functional groups attached to an aromatic ring is 1. The molecule has 0 atom stereocenters. The number of ether oxygens (including phenoxy) is 3. The summed E-state index contributed by atoms with van der Waals surface area (Å²) in [7, 11) is 1.42. The largest absolute Gasteiger partial charge is 0.496 e. The van der Waals surface area contributed by atoms with Gasteiger partial charge >= 0.3 is 11.9 Å². The molecule has 148 valence electrons. The highest BCUT2D eigenvalue weighted by molar-refractivity contribution is 6.33. The van der Waals surface area contributed by atoms with Crippen LogP contribution in [-0.2, 0) is 11.3 Å². The molecule has 29 heavy (non-hydrogen) atoms. The molecule has 0 heterocycles. The zero-order chi connectivity index (χ0) is 20.8. The van der Waals surface area contributed by atoms with E-state index in [0.717, 1.165) is 0 Å². The van der Waals surface area contributed by atoms with E-state index in [1.165, 1.54) is 19.2 Å². The molecule has 0 amide bonds. The fourth-order valence-electron chi connectivity index (χ4n) is 2.57. The molecule has 0 aliphatic heterocycles. The molecule has 0 aliphatic rings. The molecule has 0 aliphatic carbocycles. The molecule has 0 bridgehead atoms. The summed E-state index contributed by atoms with van der Waals surface area (Å²) in [5, 5.41) is 0.225. The minimum Gasteiger partial charge on any atom is -0.496 e. The maximum atomic E-state index is 12.4. The van der Waals surface area contributed by atoms with Crippen molar-refractivity contribution in [2.75, 3.05) is 12.8 Å². The number of anilines is 1. The molecular formula is C22H18ClNO5. The van der Waals surface area contributed by atoms with Crippen molar-refractivity contribution in [1.29, 1.82) is 0 Å². The van der Waals surface area contributed by atoms with Gasteiger partial charge in [-0.2, -0.15) is 0 Å². The van der Waals surface area contributed by atoms with E-state index in [-0.39, 0.29) is 22.9 Å². The van der Waals surface area contributed by atoms with E-state index in [1.807, 2.05) is 6.07 Å². The van der Waals surface area contributed by atoms with Crippen molar-refractivity contribution in [2.45, 2.75) is 6.61 Å². The van der Waals surface area contributed by atoms with E-state index in [1.54, 1.807) is 48.5 Å². The number of rotatable bonds is 6. The van der Waals surface area contributed by atoms with Crippen molar-refractivity contribution >= 4 is 29.2 Å². The van der Waals surface area contributed by atoms with Gasteiger partial charge in [-0.15, -0.1) is 0 Å². The second-order valence-corrected chi connectivity index (χ2v) is 6.46. The average Bonchev–Trinajstić information content (AvgIpc) is 2.74. The van der Waals surface area contributed by atoms with Crippen molar-refractivity contribution < 1.29 is 23.8 Å². The van der Waals surface area contributed by atoms with E-state index < -0.39 is 11.9 Å². The summed E-state index contributed by atoms with van der Waals surface area (Å²) in [6, 6.07) is 18.3. The van der Waals surface area contributed by atoms with Gasteiger partial charge < -0.3 is 19.9 Å². The van der Waals surface area contributed by atoms with E-state index in [0.29, 0.717) is 22.6 Å². The van der Waals surface area contributed by atoms with Gasteiger partial charge in [0.1, 0.15) is 23.7 Å². The third-order valence-electron chi connectivity index (χ3n) is 4.03. The zero-order valence-corrected chi connectivity index (χ0v) is 16.3. The Kier molecular flexibility index (Phi) is 6.36. The highest BCUT2D eigenvalue weighted by atomic mass is 35.5. The van der Waals surface area contributed by atoms with E-state index in [4.69, 9.17) is 31.5 Å². The molecule has 7 heteroatoms. The van der Waals surface area contributed by atoms with Gasteiger partial charge in [0.2, 0.25) is 0 Å². The van der Waals surface area contributed by atoms with E-state index in [9.17, 15) is 9.59 Å². The van der Waals surface area contributed by atoms with Gasteiger partial charge in [-0.3, -0.25) is 0 Å². The Bertz CT molecular complexity index is 1040. The molecule has 0 saturated heterocycles. The van der Waals surface area contributed by atoms with Gasteiger partial charge in [-0.25, -0.2) is 9.59 Å². The molecule has 3 aromatic carbocycles. The summed E-state index contributed by atoms with van der Waals surface area (Å²) in [6.45, 7) is -0.0452. The first kappa shape index (κ1) is 20.2. The molecule has 2 N–H and O–H groups in total. The predicted molar refractivity (Wildman–Crippen MR) is 109 cm³/mol. The van der Waals surface area contributed by atoms with E-state index in [2.05, 4.69) is 0 Å². The van der Waals surface area contributed by atoms with Gasteiger partial charge in [0, 0.05) is 6.07 Å². The summed E-state index contributed by atoms with van der Waals surface area (Å²) in [4.78, 5) is 24.7. The van der Waals surface area contributed by atoms with Crippen molar-refractivity contribution in [2.24, 2.45) is 0 Å². The Morgan fingerprint density at radius 3 is 2.45 bits per heavy atom. The van der Waals surface area contributed by atoms with Crippen LogP contribution >= 0.6 is 11.6 Å². The molecule has 3 aromatic rings. The van der Waals surface area contributed by atoms with Crippen molar-refractivity contribution in [3.05, 3.63) is 88.4 Å². The molecule has 3 rings (SSSR count). The molecule has 0 radical (unpaired) electrons. The maximum Gasteiger partial charge on any atom is 0.343 e. The number of hydrogen-bond acceptors (Lipinski definition) is 6. The van der Waals surface area contributed by atoms with Crippen molar-refractivity contribution in [3.8, 4) is 11.5 Å². The topological polar surface area (TPSA) is 87.9 Å². The summed E-state index contributed by atoms with van der Waals surface area (Å²) < 4.78 is 15.8. The fourth-order valence-corrected chi connectivity index (χ4v) is 2.73. The number of carbonyl (C=O) groups is 2. The maximum absolute atomic E-state index is 12.4. The molecule has 0 fully saturated rings. The molecule has 0 unspecified atom stereocenters. The lowest BCUT2D eigenvalue weighted by atomic mass is 10.1. The van der Waals surface area contributed by atoms with Gasteiger partial charge in [0.15, 0.2) is 0 Å². The fraction of sp³-hybridized carbons (Fsp3) is 0.0909. The first-order valence-corrected chi connectivity index (χ1v) is 9.02. The van der Waals surface area contributed by atoms with Crippen LogP contribution in [0.5, 0.6) is 11.5 Å². The summed E-state index contributed by atoms with van der Waals surface area (Å²) in [5.74, 6) is -0.420. The van der Waals surface area contributed by atoms with Crippen LogP contribution in [0.4, 0.5) is 5.69 Å². The number of benzene rings is 3. The Balaban J connectivity index is 1.69. The Morgan fingerprint density at radius 2 is 1.72 bits per heavy atom. The van der Waals surface area contributed by atoms with E-state index >= 15 is 0 Å². The standard InChI is InChI=1S/C22H18ClNO5/c1-27-20-12-19(24)18(23)11-17(20)22(26)28-13-14-6-5-7-15(10-14)21(25)29-16-8-3-2-4-9-16/h2-12H,13,24H2,1H3. The van der Waals surface area contributed by atoms with Crippen molar-refractivity contribution in [3.63, 3.8) is 0 Å². The lowest BCUT2D eigenvalue weighted by Crippen LogP contribution is -2.10. The average molecular weight is 412 g/mol. The zero-order valence-electron chi connectivity index (χ0n) is 15.6. The Hall–Kier alpha value is -3.51. The second kappa shape index (κ2) is 9.12. The van der Waals surface area contributed by atoms with Gasteiger partial charge in [0.05, 0.1) is 23.4 Å². The Morgan fingerprint density at radius 1 is 0.966 bits per heavy atom. The normalized spacial score (nSPS) is 10.3. The van der Waals surface area contributed by atoms with Gasteiger partial charge in [0.25, 0.3) is 0 Å². The monoisotopic (exact) mass is 411 g/mol. The SMILES string of the molecule is COc1cc(N)c(Cl)cc1C(=O)OCc1cccc(C(=O)Oc2ccccc2)c1. The smallest absolute Gasteiger partial charge is 0.343 e. The summed E-state index contributed by atoms with van der Waals surface area (Å²) in [5.41, 5.74) is 7.15. The highest BCUT2D eigenvalue weighted by Gasteiger charge is 2.17. The lowest BCUT2D eigenvalue weighted by Gasteiger charge is -2.11. The minimum atomic E-state index is -0.624. The molecular weight excluding hydrogens is 394 g/mol. The Labute approximate surface area is 172 Å². The highest BCUT2D eigenvalue weighted by Crippen LogP contribution is 2.29. The van der Waals surface area contributed by atoms with Crippen LogP contribution in [-0.4, -0.2) is 19.0 Å². The second-order valence-electron chi connectivity index (χ2n) is 6.05. The van der Waals surface area contributed by atoms with Crippen LogP contribution in [0.15, 0.2) is 66.7 Å². The molecule has 0 spiro atoms. The van der Waals surface area contributed by atoms with Crippen LogP contribution < -0.4 is 15.2 Å². The first-order valence-electron chi connectivity index (χ1n) is 8.64. The summed E-state index contributed by atoms with van der Waals surface area (Å²) >= 11 is 5.99. The molecule has 0 aromatic heterocycles. The number of esters is 2. The van der Waals surface area contributed by atoms with Crippen LogP contribution in [0.2, 0.25) is 5.02 Å². The number of carbonyl (C=O) groups excluding carboxylic acids is 2. The third-order valence-corrected chi connectivity index (χ3v) is 4.35. The third kappa shape index (κ3) is 5.06. The van der Waals surface area contributed by atoms with Crippen LogP contribution in [0.3, 0.4) is 0 Å². The quantitative estimate of drug-likeness (QED) is 0.365. The summed E-state index contributed by atoms with van der Waals surface area (Å²) in [6.07, 6.45) is 0. The number of para-hydroxylation sites is 1. The first-order chi connectivity index (χ1) is 14.0. The number of halogens is 1. The van der Waals surface area contributed by atoms with Gasteiger partial charge in [-0.1, -0.05) is 41.9 Å². The molecule has 0 saturated carbocycles. The number of hydrogen-bond donors (Lipinski definition) is 1. The van der Waals surface area contributed by atoms with Crippen LogP contribution in [0, 0.1) is 0 Å². The van der Waals surface area contributed by atoms with Gasteiger partial charge in [-0.05, 0) is 35.9 Å². The lowest BCUT2D eigenvalue weighted by molar-refractivity contribution is 0.0469. The van der Waals surface area contributed by atoms with Crippen LogP contribution in [0.1, 0.15) is 26.3 Å². The number of nitrogens with two attached hydrogens (primary N) is 1. The van der Waals surface area contributed by atoms with Crippen molar-refractivity contribution in [1.82, 2.24) is 0 Å². The minimum absolute atomic E-state index is 0.0452. The molecule has 6 nitrogen and oxygen atoms in total. The number of methoxy groups -OCH3 is 1.